The average Bonchev–Trinajstić information content (AvgIpc) is 2.87. The van der Waals surface area contributed by atoms with Crippen molar-refractivity contribution < 1.29 is 28.1 Å². The number of ether oxygens (including phenoxy) is 2. The van der Waals surface area contributed by atoms with Crippen LogP contribution in [0.15, 0.2) is 77.1 Å². The van der Waals surface area contributed by atoms with Crippen molar-refractivity contribution in [2.24, 2.45) is 0 Å². The minimum atomic E-state index is -2.42. The highest BCUT2D eigenvalue weighted by Gasteiger charge is 2.38. The van der Waals surface area contributed by atoms with E-state index >= 15 is 0 Å². The van der Waals surface area contributed by atoms with Crippen LogP contribution in [-0.2, 0) is 25.6 Å². The number of non-ortho nitro benzene ring substituents is 1. The van der Waals surface area contributed by atoms with Gasteiger partial charge < -0.3 is 14.8 Å². The molecule has 1 aliphatic rings. The molecule has 1 N–H and O–H groups in total. The number of likely N-dealkylation sites (N-methyl/N-ethyl adjacent to an activating group) is 1. The van der Waals surface area contributed by atoms with E-state index in [-0.39, 0.29) is 48.9 Å². The molecule has 192 valence electrons. The number of benzene rings is 2. The molecule has 1 unspecified atom stereocenters. The van der Waals surface area contributed by atoms with E-state index < -0.39 is 29.8 Å². The summed E-state index contributed by atoms with van der Waals surface area (Å²) in [4.78, 5) is 38.2. The maximum Gasteiger partial charge on any atom is 0.336 e. The molecule has 0 saturated heterocycles. The number of nitrogens with zero attached hydrogens (tertiary/aromatic N) is 2. The summed E-state index contributed by atoms with van der Waals surface area (Å²) in [6.45, 7) is 0.661. The van der Waals surface area contributed by atoms with Crippen molar-refractivity contribution in [1.82, 2.24) is 10.2 Å². The zero-order valence-corrected chi connectivity index (χ0v) is 21.0. The highest BCUT2D eigenvalue weighted by atomic mass is 35.5. The summed E-state index contributed by atoms with van der Waals surface area (Å²) in [5.74, 6) is -2.49. The fraction of sp³-hybridized carbons (Fsp3) is 0.308. The van der Waals surface area contributed by atoms with Gasteiger partial charge in [0.15, 0.2) is 0 Å². The summed E-state index contributed by atoms with van der Waals surface area (Å²) in [5.41, 5.74) is 1.92. The Hall–Kier alpha value is -3.69. The molecule has 2 aromatic carbocycles. The van der Waals surface area contributed by atoms with Gasteiger partial charge in [0.1, 0.15) is 6.61 Å². The van der Waals surface area contributed by atoms with Crippen molar-refractivity contribution >= 4 is 30.0 Å². The van der Waals surface area contributed by atoms with Crippen LogP contribution < -0.4 is 5.32 Å². The highest BCUT2D eigenvalue weighted by Crippen LogP contribution is 2.40. The molecule has 0 fully saturated rings. The molecule has 1 aliphatic heterocycles. The smallest absolute Gasteiger partial charge is 0.336 e. The van der Waals surface area contributed by atoms with E-state index in [9.17, 15) is 19.7 Å². The highest BCUT2D eigenvalue weighted by molar-refractivity contribution is 5.99. The third-order valence-corrected chi connectivity index (χ3v) is 5.61. The zero-order chi connectivity index (χ0) is 28.0. The summed E-state index contributed by atoms with van der Waals surface area (Å²) in [6.07, 6.45) is 0. The van der Waals surface area contributed by atoms with Crippen LogP contribution in [0.3, 0.4) is 0 Å². The van der Waals surface area contributed by atoms with Crippen LogP contribution in [0.5, 0.6) is 0 Å². The number of carbonyl (C=O) groups excluding carboxylic acids is 2. The summed E-state index contributed by atoms with van der Waals surface area (Å²) >= 11 is 0. The van der Waals surface area contributed by atoms with Gasteiger partial charge in [0, 0.05) is 40.7 Å². The minimum absolute atomic E-state index is 0. The van der Waals surface area contributed by atoms with Crippen molar-refractivity contribution in [2.75, 3.05) is 27.2 Å². The van der Waals surface area contributed by atoms with Crippen LogP contribution >= 0.6 is 12.4 Å². The summed E-state index contributed by atoms with van der Waals surface area (Å²) in [7, 11) is 1.20. The molecule has 10 heteroatoms. The van der Waals surface area contributed by atoms with Crippen molar-refractivity contribution in [1.29, 1.82) is 0 Å². The Morgan fingerprint density at radius 1 is 1.08 bits per heavy atom. The fourth-order valence-electron chi connectivity index (χ4n) is 4.01. The number of methoxy groups -OCH3 is 1. The number of nitrogens with one attached hydrogen (secondary N) is 1. The minimum Gasteiger partial charge on any atom is -0.466 e. The monoisotopic (exact) mass is 519 g/mol. The van der Waals surface area contributed by atoms with Crippen molar-refractivity contribution in [2.45, 2.75) is 26.3 Å². The second kappa shape index (κ2) is 12.9. The topological polar surface area (TPSA) is 111 Å². The average molecular weight is 520 g/mol. The first-order valence-electron chi connectivity index (χ1n) is 12.4. The SMILES string of the molecule is Cl.[2H][13C]([2H])([2H])N(CCOC(=O)C1=C(C)NC(C)=C(C(=O)OC)C1c1cccc([N+](=O)[O-])c1)Cc1ccccc1. The second-order valence-electron chi connectivity index (χ2n) is 8.02. The number of nitro groups is 1. The van der Waals surface area contributed by atoms with Gasteiger partial charge in [-0.1, -0.05) is 42.5 Å². The Labute approximate surface area is 220 Å². The van der Waals surface area contributed by atoms with E-state index in [1.807, 2.05) is 6.07 Å². The van der Waals surface area contributed by atoms with Crippen molar-refractivity contribution in [3.05, 3.63) is 98.4 Å². The molecule has 0 aliphatic carbocycles. The number of hydrogen-bond donors (Lipinski definition) is 1. The summed E-state index contributed by atoms with van der Waals surface area (Å²) in [6, 6.07) is 14.7. The van der Waals surface area contributed by atoms with E-state index in [2.05, 4.69) is 5.32 Å². The van der Waals surface area contributed by atoms with E-state index in [4.69, 9.17) is 13.6 Å². The van der Waals surface area contributed by atoms with E-state index in [0.717, 1.165) is 5.56 Å². The molecule has 2 aromatic rings. The maximum atomic E-state index is 13.4. The first kappa shape index (κ1) is 24.0. The van der Waals surface area contributed by atoms with Gasteiger partial charge in [0.2, 0.25) is 0 Å². The van der Waals surface area contributed by atoms with E-state index in [1.165, 1.54) is 30.2 Å². The number of rotatable bonds is 9. The number of hydrogen-bond acceptors (Lipinski definition) is 8. The predicted octanol–water partition coefficient (Wildman–Crippen LogP) is 4.10. The van der Waals surface area contributed by atoms with Crippen molar-refractivity contribution in [3.63, 3.8) is 0 Å². The van der Waals surface area contributed by atoms with Crippen LogP contribution in [0.1, 0.15) is 35.0 Å². The van der Waals surface area contributed by atoms with Gasteiger partial charge in [-0.25, -0.2) is 9.59 Å². The Balaban J connectivity index is 0.00000533. The second-order valence-corrected chi connectivity index (χ2v) is 8.02. The quantitative estimate of drug-likeness (QED) is 0.228. The van der Waals surface area contributed by atoms with Crippen LogP contribution in [0.25, 0.3) is 0 Å². The number of allylic oxidation sites excluding steroid dienone is 2. The van der Waals surface area contributed by atoms with E-state index in [1.54, 1.807) is 44.2 Å². The lowest BCUT2D eigenvalue weighted by Gasteiger charge is -2.30. The van der Waals surface area contributed by atoms with Crippen LogP contribution in [0.4, 0.5) is 5.69 Å². The molecule has 0 radical (unpaired) electrons. The van der Waals surface area contributed by atoms with Gasteiger partial charge in [-0.2, -0.15) is 0 Å². The Morgan fingerprint density at radius 3 is 2.36 bits per heavy atom. The molecule has 9 nitrogen and oxygen atoms in total. The molecular formula is C26H30ClN3O6. The lowest BCUT2D eigenvalue weighted by atomic mass is 9.80. The van der Waals surface area contributed by atoms with Gasteiger partial charge in [-0.05, 0) is 32.0 Å². The lowest BCUT2D eigenvalue weighted by molar-refractivity contribution is -0.384. The molecule has 0 amide bonds. The number of esters is 2. The Kier molecular flexibility index (Phi) is 8.58. The van der Waals surface area contributed by atoms with Crippen LogP contribution in [0, 0.1) is 10.1 Å². The van der Waals surface area contributed by atoms with E-state index in [0.29, 0.717) is 17.0 Å². The summed E-state index contributed by atoms with van der Waals surface area (Å²) in [5, 5.41) is 14.4. The number of halogens is 1. The standard InChI is InChI=1S/C26H29N3O6.ClH/c1-17-22(25(30)34-4)24(20-11-8-12-21(15-20)29(32)33)23(18(2)27-17)26(31)35-14-13-28(3)16-19-9-6-5-7-10-19;/h5-12,15,24,27H,13-14,16H2,1-4H3;1H/i3+1D3;. The molecule has 0 bridgehead atoms. The largest absolute Gasteiger partial charge is 0.466 e. The Bertz CT molecular complexity index is 1280. The first-order chi connectivity index (χ1) is 17.9. The Morgan fingerprint density at radius 2 is 1.75 bits per heavy atom. The number of carbonyl (C=O) groups is 2. The molecule has 1 heterocycles. The van der Waals surface area contributed by atoms with Gasteiger partial charge in [0.25, 0.3) is 5.69 Å². The number of dihydropyridines is 1. The van der Waals surface area contributed by atoms with Gasteiger partial charge >= 0.3 is 11.9 Å². The van der Waals surface area contributed by atoms with Crippen LogP contribution in [-0.4, -0.2) is 49.0 Å². The molecule has 0 aromatic heterocycles. The molecule has 36 heavy (non-hydrogen) atoms. The molecular weight excluding hydrogens is 487 g/mol. The van der Waals surface area contributed by atoms with Crippen molar-refractivity contribution in [3.8, 4) is 0 Å². The predicted molar refractivity (Wildman–Crippen MR) is 137 cm³/mol. The fourth-order valence-corrected chi connectivity index (χ4v) is 4.01. The first-order valence-corrected chi connectivity index (χ1v) is 10.9. The third-order valence-electron chi connectivity index (χ3n) is 5.61. The molecule has 0 spiro atoms. The molecule has 1 atom stereocenters. The normalized spacial score (nSPS) is 16.8. The zero-order valence-electron chi connectivity index (χ0n) is 23.1. The maximum absolute atomic E-state index is 13.4. The number of nitro benzene ring substituents is 1. The van der Waals surface area contributed by atoms with Crippen LogP contribution in [0.2, 0.25) is 0 Å². The molecule has 3 rings (SSSR count). The van der Waals surface area contributed by atoms with Gasteiger partial charge in [-0.3, -0.25) is 15.0 Å². The van der Waals surface area contributed by atoms with Gasteiger partial charge in [0.05, 0.1) is 29.1 Å². The summed E-state index contributed by atoms with van der Waals surface area (Å²) < 4.78 is 34.0. The molecule has 0 saturated carbocycles. The van der Waals surface area contributed by atoms with Gasteiger partial charge in [-0.15, -0.1) is 12.4 Å². The lowest BCUT2D eigenvalue weighted by Crippen LogP contribution is -2.33. The third kappa shape index (κ3) is 6.71.